The molecule has 0 amide bonds. The summed E-state index contributed by atoms with van der Waals surface area (Å²) in [5, 5.41) is 8.57. The van der Waals surface area contributed by atoms with E-state index in [0.717, 1.165) is 9.76 Å². The molecule has 0 aromatic heterocycles. The number of aliphatic hydroxyl groups is 1. The van der Waals surface area contributed by atoms with Gasteiger partial charge in [-0.2, -0.15) is 0 Å². The average molecular weight is 184 g/mol. The monoisotopic (exact) mass is 184 g/mol. The first-order valence-corrected chi connectivity index (χ1v) is 4.57. The molecule has 3 heteroatoms. The summed E-state index contributed by atoms with van der Waals surface area (Å²) in [6.45, 7) is 0. The predicted molar refractivity (Wildman–Crippen MR) is 52.8 cm³/mol. The van der Waals surface area contributed by atoms with Crippen LogP contribution in [0.5, 0.6) is 0 Å². The molecule has 0 radical (unpaired) electrons. The minimum atomic E-state index is 0.0493. The molecule has 1 rings (SSSR count). The number of thioether (sulfide) groups is 1. The van der Waals surface area contributed by atoms with Crippen LogP contribution in [0.2, 0.25) is 0 Å². The summed E-state index contributed by atoms with van der Waals surface area (Å²) in [4.78, 5) is 0. The number of rotatable bonds is 2. The van der Waals surface area contributed by atoms with Gasteiger partial charge in [-0.15, -0.1) is 0 Å². The topological polar surface area (TPSA) is 20.2 Å². The summed E-state index contributed by atoms with van der Waals surface area (Å²) in [5.74, 6) is 0.0493. The minimum Gasteiger partial charge on any atom is -0.385 e. The van der Waals surface area contributed by atoms with Gasteiger partial charge in [-0.05, 0) is 5.56 Å². The molecule has 0 unspecified atom stereocenters. The largest absolute Gasteiger partial charge is 0.385 e. The third kappa shape index (κ3) is 2.61. The maximum absolute atomic E-state index is 8.57. The van der Waals surface area contributed by atoms with Crippen molar-refractivity contribution in [3.8, 4) is 0 Å². The Morgan fingerprint density at radius 3 is 2.55 bits per heavy atom. The molecule has 0 bridgehead atoms. The molecule has 0 spiro atoms. The van der Waals surface area contributed by atoms with E-state index >= 15 is 0 Å². The molecule has 11 heavy (non-hydrogen) atoms. The van der Waals surface area contributed by atoms with E-state index < -0.39 is 0 Å². The van der Waals surface area contributed by atoms with Gasteiger partial charge in [0.2, 0.25) is 0 Å². The normalized spacial score (nSPS) is 9.55. The molecule has 0 atom stereocenters. The van der Waals surface area contributed by atoms with E-state index in [9.17, 15) is 0 Å². The lowest BCUT2D eigenvalue weighted by Crippen LogP contribution is -1.91. The minimum absolute atomic E-state index is 0.0493. The van der Waals surface area contributed by atoms with Crippen molar-refractivity contribution in [3.05, 3.63) is 35.9 Å². The van der Waals surface area contributed by atoms with Gasteiger partial charge < -0.3 is 5.11 Å². The van der Waals surface area contributed by atoms with Crippen LogP contribution >= 0.6 is 24.0 Å². The van der Waals surface area contributed by atoms with Crippen molar-refractivity contribution in [1.82, 2.24) is 0 Å². The molecule has 58 valence electrons. The molecule has 1 aromatic carbocycles. The van der Waals surface area contributed by atoms with Crippen molar-refractivity contribution in [2.45, 2.75) is 0 Å². The average Bonchev–Trinajstić information content (AvgIpc) is 2.07. The molecule has 0 aliphatic heterocycles. The second kappa shape index (κ2) is 4.49. The van der Waals surface area contributed by atoms with Gasteiger partial charge >= 0.3 is 0 Å². The Labute approximate surface area is 75.4 Å². The lowest BCUT2D eigenvalue weighted by Gasteiger charge is -1.98. The molecular formula is C8H8OS2. The first-order valence-electron chi connectivity index (χ1n) is 3.17. The Kier molecular flexibility index (Phi) is 3.56. The Morgan fingerprint density at radius 2 is 2.00 bits per heavy atom. The van der Waals surface area contributed by atoms with Gasteiger partial charge in [-0.3, -0.25) is 0 Å². The van der Waals surface area contributed by atoms with E-state index in [1.165, 1.54) is 11.8 Å². The van der Waals surface area contributed by atoms with Crippen LogP contribution in [0.4, 0.5) is 0 Å². The number of aliphatic hydroxyl groups excluding tert-OH is 1. The van der Waals surface area contributed by atoms with E-state index in [1.54, 1.807) is 0 Å². The van der Waals surface area contributed by atoms with Gasteiger partial charge in [0.15, 0.2) is 0 Å². The lowest BCUT2D eigenvalue weighted by atomic mass is 10.2. The summed E-state index contributed by atoms with van der Waals surface area (Å²) in [7, 11) is 0. The first-order chi connectivity index (χ1) is 5.34. The molecule has 0 saturated heterocycles. The quantitative estimate of drug-likeness (QED) is 0.561. The summed E-state index contributed by atoms with van der Waals surface area (Å²) >= 11 is 6.29. The molecule has 1 aromatic rings. The molecule has 1 N–H and O–H groups in total. The van der Waals surface area contributed by atoms with Crippen LogP contribution in [-0.4, -0.2) is 15.2 Å². The van der Waals surface area contributed by atoms with Crippen molar-refractivity contribution in [1.29, 1.82) is 0 Å². The van der Waals surface area contributed by atoms with Gasteiger partial charge in [0.25, 0.3) is 0 Å². The molecule has 0 aliphatic rings. The highest BCUT2D eigenvalue weighted by Crippen LogP contribution is 2.11. The fraction of sp³-hybridized carbons (Fsp3) is 0.125. The zero-order valence-corrected chi connectivity index (χ0v) is 7.49. The van der Waals surface area contributed by atoms with Crippen molar-refractivity contribution in [3.63, 3.8) is 0 Å². The fourth-order valence-electron chi connectivity index (χ4n) is 0.716. The number of benzene rings is 1. The van der Waals surface area contributed by atoms with Crippen LogP contribution in [0, 0.1) is 0 Å². The zero-order chi connectivity index (χ0) is 8.10. The van der Waals surface area contributed by atoms with E-state index in [0.29, 0.717) is 0 Å². The van der Waals surface area contributed by atoms with E-state index in [-0.39, 0.29) is 5.94 Å². The standard InChI is InChI=1S/C8H8OS2/c9-6-11-8(10)7-4-2-1-3-5-7/h1-5,9H,6H2. The number of thiocarbonyl (C=S) groups is 1. The van der Waals surface area contributed by atoms with Crippen molar-refractivity contribution in [2.24, 2.45) is 0 Å². The smallest absolute Gasteiger partial charge is 0.0940 e. The summed E-state index contributed by atoms with van der Waals surface area (Å²) in [5.41, 5.74) is 1.00. The van der Waals surface area contributed by atoms with Crippen LogP contribution in [0.25, 0.3) is 0 Å². The molecule has 0 aliphatic carbocycles. The van der Waals surface area contributed by atoms with Crippen molar-refractivity contribution >= 4 is 28.2 Å². The maximum Gasteiger partial charge on any atom is 0.0940 e. The van der Waals surface area contributed by atoms with Crippen LogP contribution in [0.3, 0.4) is 0 Å². The SMILES string of the molecule is OCSC(=S)c1ccccc1. The molecular weight excluding hydrogens is 176 g/mol. The van der Waals surface area contributed by atoms with Crippen LogP contribution in [-0.2, 0) is 0 Å². The molecule has 0 saturated carbocycles. The van der Waals surface area contributed by atoms with Gasteiger partial charge in [0.1, 0.15) is 0 Å². The highest BCUT2D eigenvalue weighted by atomic mass is 32.2. The van der Waals surface area contributed by atoms with Crippen molar-refractivity contribution < 1.29 is 5.11 Å². The Bertz CT molecular complexity index is 233. The maximum atomic E-state index is 8.57. The van der Waals surface area contributed by atoms with Gasteiger partial charge in [0.05, 0.1) is 10.1 Å². The second-order valence-corrected chi connectivity index (χ2v) is 3.55. The number of hydrogen-bond donors (Lipinski definition) is 1. The predicted octanol–water partition coefficient (Wildman–Crippen LogP) is 2.05. The Balaban J connectivity index is 2.69. The summed E-state index contributed by atoms with van der Waals surface area (Å²) in [6.07, 6.45) is 0. The van der Waals surface area contributed by atoms with Crippen molar-refractivity contribution in [2.75, 3.05) is 5.94 Å². The highest BCUT2D eigenvalue weighted by molar-refractivity contribution is 8.23. The van der Waals surface area contributed by atoms with Gasteiger partial charge in [0, 0.05) is 0 Å². The third-order valence-electron chi connectivity index (χ3n) is 1.21. The summed E-state index contributed by atoms with van der Waals surface area (Å²) < 4.78 is 0.744. The first kappa shape index (κ1) is 8.71. The number of hydrogen-bond acceptors (Lipinski definition) is 3. The van der Waals surface area contributed by atoms with Crippen LogP contribution in [0.15, 0.2) is 30.3 Å². The Morgan fingerprint density at radius 1 is 1.36 bits per heavy atom. The zero-order valence-electron chi connectivity index (χ0n) is 5.86. The molecule has 0 fully saturated rings. The second-order valence-electron chi connectivity index (χ2n) is 1.93. The van der Waals surface area contributed by atoms with E-state index in [1.807, 2.05) is 30.3 Å². The van der Waals surface area contributed by atoms with Gasteiger partial charge in [-0.1, -0.05) is 54.3 Å². The molecule has 0 heterocycles. The van der Waals surface area contributed by atoms with Gasteiger partial charge in [-0.25, -0.2) is 0 Å². The van der Waals surface area contributed by atoms with E-state index in [4.69, 9.17) is 17.3 Å². The highest BCUT2D eigenvalue weighted by Gasteiger charge is 1.97. The third-order valence-corrected chi connectivity index (χ3v) is 2.42. The van der Waals surface area contributed by atoms with Crippen LogP contribution < -0.4 is 0 Å². The lowest BCUT2D eigenvalue weighted by molar-refractivity contribution is 0.376. The Hall–Kier alpha value is -0.380. The summed E-state index contributed by atoms with van der Waals surface area (Å²) in [6, 6.07) is 9.67. The van der Waals surface area contributed by atoms with Crippen LogP contribution in [0.1, 0.15) is 5.56 Å². The molecule has 1 nitrogen and oxygen atoms in total. The fourth-order valence-corrected chi connectivity index (χ4v) is 1.43. The van der Waals surface area contributed by atoms with E-state index in [2.05, 4.69) is 0 Å².